The van der Waals surface area contributed by atoms with E-state index in [1.54, 1.807) is 6.92 Å². The van der Waals surface area contributed by atoms with Crippen LogP contribution in [0.4, 0.5) is 10.1 Å². The molecule has 130 valence electrons. The number of carbonyl (C=O) groups excluding carboxylic acids is 1. The first-order valence-electron chi connectivity index (χ1n) is 7.31. The SMILES string of the molecule is C[C@@H]1C(=O)N(S(=O)(=O)c2ccc([N+](=O)[O-])cc2)[C@H]1c1ccc(F)cc1. The van der Waals surface area contributed by atoms with Gasteiger partial charge in [0.2, 0.25) is 5.91 Å². The van der Waals surface area contributed by atoms with Gasteiger partial charge in [0.15, 0.2) is 0 Å². The Labute approximate surface area is 142 Å². The van der Waals surface area contributed by atoms with Crippen molar-refractivity contribution in [3.8, 4) is 0 Å². The second-order valence-corrected chi connectivity index (χ2v) is 7.49. The normalized spacial score (nSPS) is 20.2. The Kier molecular flexibility index (Phi) is 4.03. The quantitative estimate of drug-likeness (QED) is 0.472. The zero-order chi connectivity index (χ0) is 18.4. The number of halogens is 1. The Morgan fingerprint density at radius 1 is 1.08 bits per heavy atom. The maximum absolute atomic E-state index is 13.1. The highest BCUT2D eigenvalue weighted by Crippen LogP contribution is 2.43. The van der Waals surface area contributed by atoms with Gasteiger partial charge in [-0.3, -0.25) is 14.9 Å². The van der Waals surface area contributed by atoms with Gasteiger partial charge in [0.25, 0.3) is 15.7 Å². The highest BCUT2D eigenvalue weighted by molar-refractivity contribution is 7.89. The number of hydrogen-bond donors (Lipinski definition) is 0. The molecule has 3 rings (SSSR count). The van der Waals surface area contributed by atoms with Gasteiger partial charge in [-0.2, -0.15) is 0 Å². The second kappa shape index (κ2) is 5.92. The van der Waals surface area contributed by atoms with Crippen LogP contribution in [0.25, 0.3) is 0 Å². The minimum atomic E-state index is -4.17. The van der Waals surface area contributed by atoms with Crippen LogP contribution in [0, 0.1) is 21.8 Å². The van der Waals surface area contributed by atoms with Crippen LogP contribution in [0.2, 0.25) is 0 Å². The molecule has 2 aromatic carbocycles. The standard InChI is InChI=1S/C16H13FN2O5S/c1-10-15(11-2-4-12(17)5-3-11)18(16(10)20)25(23,24)14-8-6-13(7-9-14)19(21)22/h2-10,15H,1H3/t10-,15+/m0/s1. The first-order valence-corrected chi connectivity index (χ1v) is 8.75. The van der Waals surface area contributed by atoms with E-state index in [1.165, 1.54) is 24.3 Å². The fraction of sp³-hybridized carbons (Fsp3) is 0.188. The summed E-state index contributed by atoms with van der Waals surface area (Å²) in [5.74, 6) is -1.61. The Morgan fingerprint density at radius 2 is 1.64 bits per heavy atom. The molecule has 0 aromatic heterocycles. The summed E-state index contributed by atoms with van der Waals surface area (Å²) in [6.45, 7) is 1.60. The van der Waals surface area contributed by atoms with Gasteiger partial charge in [0.05, 0.1) is 21.8 Å². The Balaban J connectivity index is 1.98. The van der Waals surface area contributed by atoms with E-state index < -0.39 is 38.6 Å². The maximum Gasteiger partial charge on any atom is 0.269 e. The molecule has 1 amide bonds. The highest BCUT2D eigenvalue weighted by atomic mass is 32.2. The van der Waals surface area contributed by atoms with Gasteiger partial charge in [0, 0.05) is 12.1 Å². The Morgan fingerprint density at radius 3 is 2.16 bits per heavy atom. The number of rotatable bonds is 4. The largest absolute Gasteiger partial charge is 0.273 e. The van der Waals surface area contributed by atoms with Crippen molar-refractivity contribution in [1.82, 2.24) is 4.31 Å². The summed E-state index contributed by atoms with van der Waals surface area (Å²) in [6.07, 6.45) is 0. The van der Waals surface area contributed by atoms with Crippen LogP contribution in [0.1, 0.15) is 18.5 Å². The molecule has 1 fully saturated rings. The van der Waals surface area contributed by atoms with E-state index in [4.69, 9.17) is 0 Å². The van der Waals surface area contributed by atoms with Crippen molar-refractivity contribution >= 4 is 21.6 Å². The topological polar surface area (TPSA) is 97.6 Å². The summed E-state index contributed by atoms with van der Waals surface area (Å²) in [7, 11) is -4.17. The van der Waals surface area contributed by atoms with E-state index in [9.17, 15) is 27.7 Å². The van der Waals surface area contributed by atoms with Crippen LogP contribution in [-0.4, -0.2) is 23.6 Å². The lowest BCUT2D eigenvalue weighted by molar-refractivity contribution is -0.384. The number of nitro groups is 1. The highest BCUT2D eigenvalue weighted by Gasteiger charge is 2.51. The molecule has 0 aliphatic carbocycles. The van der Waals surface area contributed by atoms with Gasteiger partial charge in [-0.15, -0.1) is 0 Å². The van der Waals surface area contributed by atoms with Crippen molar-refractivity contribution in [3.63, 3.8) is 0 Å². The third-order valence-electron chi connectivity index (χ3n) is 4.15. The van der Waals surface area contributed by atoms with Crippen molar-refractivity contribution in [2.45, 2.75) is 17.9 Å². The van der Waals surface area contributed by atoms with Crippen molar-refractivity contribution in [1.29, 1.82) is 0 Å². The van der Waals surface area contributed by atoms with Crippen molar-refractivity contribution < 1.29 is 22.5 Å². The molecule has 0 unspecified atom stereocenters. The molecular weight excluding hydrogens is 351 g/mol. The van der Waals surface area contributed by atoms with Crippen molar-refractivity contribution in [2.24, 2.45) is 5.92 Å². The average Bonchev–Trinajstić information content (AvgIpc) is 2.59. The number of nitro benzene ring substituents is 1. The molecule has 1 aliphatic heterocycles. The van der Waals surface area contributed by atoms with Crippen LogP contribution in [0.15, 0.2) is 53.4 Å². The lowest BCUT2D eigenvalue weighted by Crippen LogP contribution is -2.56. The summed E-state index contributed by atoms with van der Waals surface area (Å²) in [5.41, 5.74) is 0.247. The Bertz CT molecular complexity index is 941. The number of amides is 1. The monoisotopic (exact) mass is 364 g/mol. The van der Waals surface area contributed by atoms with Gasteiger partial charge in [-0.05, 0) is 29.8 Å². The molecule has 0 radical (unpaired) electrons. The van der Waals surface area contributed by atoms with Crippen LogP contribution in [0.5, 0.6) is 0 Å². The van der Waals surface area contributed by atoms with Crippen LogP contribution in [0.3, 0.4) is 0 Å². The van der Waals surface area contributed by atoms with E-state index in [1.807, 2.05) is 0 Å². The van der Waals surface area contributed by atoms with E-state index in [0.29, 0.717) is 5.56 Å². The minimum absolute atomic E-state index is 0.217. The van der Waals surface area contributed by atoms with Gasteiger partial charge < -0.3 is 0 Å². The van der Waals surface area contributed by atoms with E-state index >= 15 is 0 Å². The molecule has 7 nitrogen and oxygen atoms in total. The van der Waals surface area contributed by atoms with Crippen molar-refractivity contribution in [2.75, 3.05) is 0 Å². The van der Waals surface area contributed by atoms with Crippen LogP contribution in [-0.2, 0) is 14.8 Å². The number of β-lactam (4-membered cyclic amide) rings is 1. The summed E-state index contributed by atoms with van der Waals surface area (Å²) < 4.78 is 39.4. The summed E-state index contributed by atoms with van der Waals surface area (Å²) in [6, 6.07) is 8.82. The van der Waals surface area contributed by atoms with Gasteiger partial charge in [-0.1, -0.05) is 19.1 Å². The smallest absolute Gasteiger partial charge is 0.269 e. The number of hydrogen-bond acceptors (Lipinski definition) is 5. The first-order chi connectivity index (χ1) is 11.7. The summed E-state index contributed by atoms with van der Waals surface area (Å²) in [4.78, 5) is 22.0. The van der Waals surface area contributed by atoms with Gasteiger partial charge >= 0.3 is 0 Å². The molecule has 0 N–H and O–H groups in total. The zero-order valence-corrected chi connectivity index (χ0v) is 13.8. The zero-order valence-electron chi connectivity index (χ0n) is 13.0. The molecular formula is C16H13FN2O5S. The number of carbonyl (C=O) groups is 1. The van der Waals surface area contributed by atoms with E-state index in [0.717, 1.165) is 28.6 Å². The number of non-ortho nitro benzene ring substituents is 1. The van der Waals surface area contributed by atoms with Crippen LogP contribution >= 0.6 is 0 Å². The molecule has 0 bridgehead atoms. The second-order valence-electron chi connectivity index (χ2n) is 5.68. The third-order valence-corrected chi connectivity index (χ3v) is 5.94. The maximum atomic E-state index is 13.1. The Hall–Kier alpha value is -2.81. The van der Waals surface area contributed by atoms with E-state index in [2.05, 4.69) is 0 Å². The first kappa shape index (κ1) is 17.0. The fourth-order valence-electron chi connectivity index (χ4n) is 2.80. The molecule has 2 atom stereocenters. The molecule has 1 aliphatic rings. The average molecular weight is 364 g/mol. The molecule has 0 saturated carbocycles. The predicted octanol–water partition coefficient (Wildman–Crippen LogP) is 2.64. The van der Waals surface area contributed by atoms with Crippen LogP contribution < -0.4 is 0 Å². The number of benzene rings is 2. The van der Waals surface area contributed by atoms with E-state index in [-0.39, 0.29) is 10.6 Å². The lowest BCUT2D eigenvalue weighted by Gasteiger charge is -2.44. The van der Waals surface area contributed by atoms with Gasteiger partial charge in [-0.25, -0.2) is 17.1 Å². The molecule has 9 heteroatoms. The minimum Gasteiger partial charge on any atom is -0.273 e. The van der Waals surface area contributed by atoms with Crippen molar-refractivity contribution in [3.05, 3.63) is 70.0 Å². The summed E-state index contributed by atoms with van der Waals surface area (Å²) >= 11 is 0. The predicted molar refractivity (Wildman–Crippen MR) is 85.4 cm³/mol. The lowest BCUT2D eigenvalue weighted by atomic mass is 9.87. The third kappa shape index (κ3) is 2.76. The number of sulfonamides is 1. The summed E-state index contributed by atoms with van der Waals surface area (Å²) in [5, 5.41) is 10.7. The molecule has 25 heavy (non-hydrogen) atoms. The molecule has 0 spiro atoms. The number of nitrogens with zero attached hydrogens (tertiary/aromatic N) is 2. The fourth-order valence-corrected chi connectivity index (χ4v) is 4.51. The van der Waals surface area contributed by atoms with Gasteiger partial charge in [0.1, 0.15) is 5.82 Å². The molecule has 1 saturated heterocycles. The molecule has 1 heterocycles. The molecule has 2 aromatic rings.